The van der Waals surface area contributed by atoms with Crippen molar-refractivity contribution >= 4 is 24.0 Å². The second-order valence-electron chi connectivity index (χ2n) is 18.2. The summed E-state index contributed by atoms with van der Waals surface area (Å²) >= 11 is 0. The first kappa shape index (κ1) is 46.6. The molecule has 0 radical (unpaired) electrons. The third-order valence-corrected chi connectivity index (χ3v) is 13.1. The number of nitrogens with zero attached hydrogens (tertiary/aromatic N) is 4. The molecule has 8 rings (SSSR count). The maximum absolute atomic E-state index is 14.6. The number of carbonyl (C=O) groups excluding carboxylic acids is 4. The molecule has 4 N–H and O–H groups in total. The van der Waals surface area contributed by atoms with E-state index >= 15 is 0 Å². The van der Waals surface area contributed by atoms with Gasteiger partial charge in [0.2, 0.25) is 5.91 Å². The van der Waals surface area contributed by atoms with Crippen LogP contribution in [0.1, 0.15) is 93.2 Å². The van der Waals surface area contributed by atoms with Crippen molar-refractivity contribution in [3.63, 3.8) is 0 Å². The SMILES string of the molecule is C=C1C[C@H](C)N(C(=O)[C@@H](NC(=O)OC)C(C)C)[C@@H]1c1ncc(-c2ccc3c(c2)COc2cc4c(cc2-3)CCc2nc([C@H](C)N(C[C@H](C)COC)C(=O)[C@H](NC(=O)OC)c3ccccc3)[nH]c2-4)[nH]1. The van der Waals surface area contributed by atoms with E-state index in [0.717, 1.165) is 68.2 Å². The summed E-state index contributed by atoms with van der Waals surface area (Å²) in [5.41, 5.74) is 10.3. The molecule has 67 heavy (non-hydrogen) atoms. The quantitative estimate of drug-likeness (QED) is 0.0794. The van der Waals surface area contributed by atoms with Gasteiger partial charge in [-0.2, -0.15) is 0 Å². The van der Waals surface area contributed by atoms with Gasteiger partial charge in [0, 0.05) is 30.8 Å². The van der Waals surface area contributed by atoms with Crippen LogP contribution in [0.3, 0.4) is 0 Å². The topological polar surface area (TPSA) is 193 Å². The summed E-state index contributed by atoms with van der Waals surface area (Å²) < 4.78 is 21.7. The molecule has 3 aliphatic rings. The third-order valence-electron chi connectivity index (χ3n) is 13.1. The van der Waals surface area contributed by atoms with Gasteiger partial charge in [0.15, 0.2) is 0 Å². The molecule has 6 atom stereocenters. The molecule has 0 unspecified atom stereocenters. The number of ether oxygens (including phenoxy) is 4. The largest absolute Gasteiger partial charge is 0.488 e. The number of hydrogen-bond donors (Lipinski definition) is 4. The summed E-state index contributed by atoms with van der Waals surface area (Å²) in [5, 5.41) is 5.47. The van der Waals surface area contributed by atoms with Crippen LogP contribution in [0.2, 0.25) is 0 Å². The van der Waals surface area contributed by atoms with E-state index in [0.29, 0.717) is 49.8 Å². The number of aryl methyl sites for hydroxylation is 2. The van der Waals surface area contributed by atoms with E-state index in [1.807, 2.05) is 65.0 Å². The van der Waals surface area contributed by atoms with Gasteiger partial charge in [0.05, 0.1) is 50.1 Å². The molecular weight excluding hydrogens is 853 g/mol. The summed E-state index contributed by atoms with van der Waals surface area (Å²) in [6.07, 6.45) is 2.50. The van der Waals surface area contributed by atoms with Gasteiger partial charge in [-0.05, 0) is 96.5 Å². The highest BCUT2D eigenvalue weighted by molar-refractivity contribution is 5.88. The first-order valence-electron chi connectivity index (χ1n) is 22.8. The summed E-state index contributed by atoms with van der Waals surface area (Å²) in [5.74, 6) is 1.32. The maximum atomic E-state index is 14.6. The molecule has 4 heterocycles. The van der Waals surface area contributed by atoms with Gasteiger partial charge in [-0.3, -0.25) is 9.59 Å². The van der Waals surface area contributed by atoms with Crippen molar-refractivity contribution in [1.82, 2.24) is 40.4 Å². The average molecular weight is 913 g/mol. The molecule has 1 fully saturated rings. The van der Waals surface area contributed by atoms with Crippen molar-refractivity contribution in [3.05, 3.63) is 113 Å². The Morgan fingerprint density at radius 3 is 2.37 bits per heavy atom. The second-order valence-corrected chi connectivity index (χ2v) is 18.2. The van der Waals surface area contributed by atoms with Gasteiger partial charge in [0.25, 0.3) is 5.91 Å². The molecule has 2 aliphatic heterocycles. The van der Waals surface area contributed by atoms with Gasteiger partial charge < -0.3 is 49.3 Å². The lowest BCUT2D eigenvalue weighted by atomic mass is 9.86. The van der Waals surface area contributed by atoms with Crippen LogP contribution in [0.25, 0.3) is 33.6 Å². The number of nitrogens with one attached hydrogen (secondary N) is 4. The molecule has 1 saturated heterocycles. The number of hydrogen-bond acceptors (Lipinski definition) is 10. The fraction of sp³-hybridized carbons (Fsp3) is 0.412. The van der Waals surface area contributed by atoms with Gasteiger partial charge in [-0.1, -0.05) is 69.8 Å². The van der Waals surface area contributed by atoms with Crippen LogP contribution in [0.5, 0.6) is 5.75 Å². The number of imidazole rings is 2. The van der Waals surface area contributed by atoms with Crippen molar-refractivity contribution in [2.45, 2.75) is 90.7 Å². The fourth-order valence-electron chi connectivity index (χ4n) is 9.70. The van der Waals surface area contributed by atoms with Crippen LogP contribution in [0.15, 0.2) is 79.0 Å². The molecule has 0 spiro atoms. The van der Waals surface area contributed by atoms with E-state index in [1.54, 1.807) is 23.1 Å². The molecule has 352 valence electrons. The molecule has 4 amide bonds. The minimum Gasteiger partial charge on any atom is -0.488 e. The highest BCUT2D eigenvalue weighted by Crippen LogP contribution is 2.46. The third kappa shape index (κ3) is 9.27. The number of aromatic nitrogens is 4. The molecule has 16 nitrogen and oxygen atoms in total. The summed E-state index contributed by atoms with van der Waals surface area (Å²) in [6, 6.07) is 16.9. The molecule has 2 aromatic heterocycles. The normalized spacial score (nSPS) is 17.7. The Morgan fingerprint density at radius 2 is 1.66 bits per heavy atom. The highest BCUT2D eigenvalue weighted by atomic mass is 16.5. The maximum Gasteiger partial charge on any atom is 0.407 e. The van der Waals surface area contributed by atoms with Crippen LogP contribution in [-0.4, -0.2) is 100 Å². The van der Waals surface area contributed by atoms with E-state index in [1.165, 1.54) is 14.2 Å². The van der Waals surface area contributed by atoms with Crippen molar-refractivity contribution in [2.24, 2.45) is 11.8 Å². The van der Waals surface area contributed by atoms with E-state index in [-0.39, 0.29) is 29.7 Å². The minimum atomic E-state index is -0.984. The van der Waals surface area contributed by atoms with E-state index in [9.17, 15) is 19.2 Å². The van der Waals surface area contributed by atoms with E-state index in [2.05, 4.69) is 57.5 Å². The van der Waals surface area contributed by atoms with Gasteiger partial charge in [-0.15, -0.1) is 0 Å². The molecule has 1 aliphatic carbocycles. The zero-order valence-corrected chi connectivity index (χ0v) is 39.4. The number of benzene rings is 3. The van der Waals surface area contributed by atoms with Crippen LogP contribution < -0.4 is 15.4 Å². The van der Waals surface area contributed by atoms with E-state index in [4.69, 9.17) is 28.9 Å². The number of amides is 4. The summed E-state index contributed by atoms with van der Waals surface area (Å²) in [4.78, 5) is 73.8. The summed E-state index contributed by atoms with van der Waals surface area (Å²) in [7, 11) is 4.19. The first-order valence-corrected chi connectivity index (χ1v) is 22.8. The average Bonchev–Trinajstić information content (AvgIpc) is 4.07. The standard InChI is InChI=1S/C51H60N8O8/c1-27(2)42(56-50(62)65-8)49(61)59-30(5)19-29(4)45(59)47-52-23-40(54-47)34-15-17-36-35(20-34)26-67-41-22-37-33(21-38(36)41)16-18-39-44(37)55-46(53-39)31(6)58(24-28(3)25-64-7)48(60)43(57-51(63)66-9)32-13-11-10-12-14-32/h10-15,17,20-23,27-28,30-31,42-43,45H,4,16,18-19,24-26H2,1-3,5-9H3,(H,52,54)(H,53,55)(H,56,62)(H,57,63)/t28-,30-,31-,42-,43+,45-/m0/s1. The molecule has 5 aromatic rings. The van der Waals surface area contributed by atoms with Crippen molar-refractivity contribution in [1.29, 1.82) is 0 Å². The number of rotatable bonds is 14. The Bertz CT molecular complexity index is 2680. The van der Waals surface area contributed by atoms with E-state index < -0.39 is 36.4 Å². The highest BCUT2D eigenvalue weighted by Gasteiger charge is 2.43. The van der Waals surface area contributed by atoms with Crippen LogP contribution in [-0.2, 0) is 43.2 Å². The molecule has 16 heteroatoms. The molecular formula is C51H60N8O8. The number of methoxy groups -OCH3 is 3. The zero-order valence-electron chi connectivity index (χ0n) is 39.4. The predicted octanol–water partition coefficient (Wildman–Crippen LogP) is 7.99. The van der Waals surface area contributed by atoms with Crippen LogP contribution in [0, 0.1) is 11.8 Å². The molecule has 3 aromatic carbocycles. The lowest BCUT2D eigenvalue weighted by molar-refractivity contribution is -0.137. The molecule has 0 bridgehead atoms. The van der Waals surface area contributed by atoms with Gasteiger partial charge in [-0.25, -0.2) is 19.6 Å². The Balaban J connectivity index is 1.05. The number of H-pyrrole nitrogens is 2. The van der Waals surface area contributed by atoms with Crippen molar-refractivity contribution in [3.8, 4) is 39.4 Å². The lowest BCUT2D eigenvalue weighted by Gasteiger charge is -2.33. The number of aromatic amines is 2. The Kier molecular flexibility index (Phi) is 13.6. The number of fused-ring (bicyclic) bond motifs is 6. The predicted molar refractivity (Wildman–Crippen MR) is 252 cm³/mol. The Labute approximate surface area is 390 Å². The number of likely N-dealkylation sites (tertiary alicyclic amines) is 1. The number of alkyl carbamates (subject to hydrolysis) is 2. The minimum absolute atomic E-state index is 0.0118. The lowest BCUT2D eigenvalue weighted by Crippen LogP contribution is -2.52. The van der Waals surface area contributed by atoms with Crippen molar-refractivity contribution in [2.75, 3.05) is 34.5 Å². The Hall–Kier alpha value is -6.94. The van der Waals surface area contributed by atoms with Crippen LogP contribution in [0.4, 0.5) is 9.59 Å². The fourth-order valence-corrected chi connectivity index (χ4v) is 9.70. The zero-order chi connectivity index (χ0) is 47.7. The van der Waals surface area contributed by atoms with Gasteiger partial charge >= 0.3 is 12.2 Å². The van der Waals surface area contributed by atoms with Crippen LogP contribution >= 0.6 is 0 Å². The Morgan fingerprint density at radius 1 is 0.910 bits per heavy atom. The monoisotopic (exact) mass is 912 g/mol. The second kappa shape index (κ2) is 19.5. The van der Waals surface area contributed by atoms with Gasteiger partial charge in [0.1, 0.15) is 42.1 Å². The van der Waals surface area contributed by atoms with Crippen molar-refractivity contribution < 1.29 is 38.1 Å². The number of carbonyl (C=O) groups is 4. The first-order chi connectivity index (χ1) is 32.2. The summed E-state index contributed by atoms with van der Waals surface area (Å²) in [6.45, 7) is 15.2. The smallest absolute Gasteiger partial charge is 0.407 e. The molecule has 0 saturated carbocycles.